The maximum absolute atomic E-state index is 12.3. The van der Waals surface area contributed by atoms with Crippen molar-refractivity contribution in [3.63, 3.8) is 0 Å². The fourth-order valence-corrected chi connectivity index (χ4v) is 1.54. The molecule has 0 aliphatic heterocycles. The van der Waals surface area contributed by atoms with Gasteiger partial charge < -0.3 is 15.0 Å². The highest BCUT2D eigenvalue weighted by Crippen LogP contribution is 2.18. The van der Waals surface area contributed by atoms with Gasteiger partial charge in [-0.3, -0.25) is 0 Å². The molecular weight excluding hydrogens is 256 g/mol. The van der Waals surface area contributed by atoms with Crippen LogP contribution in [-0.2, 0) is 9.53 Å². The minimum absolute atomic E-state index is 0.343. The Bertz CT molecular complexity index is 464. The van der Waals surface area contributed by atoms with Crippen molar-refractivity contribution in [1.82, 2.24) is 10.2 Å². The highest BCUT2D eigenvalue weighted by Gasteiger charge is 2.28. The fraction of sp³-hybridized carbons (Fsp3) is 0.467. The van der Waals surface area contributed by atoms with Crippen LogP contribution in [0.5, 0.6) is 0 Å². The van der Waals surface area contributed by atoms with Crippen LogP contribution < -0.4 is 5.32 Å². The van der Waals surface area contributed by atoms with Gasteiger partial charge in [-0.05, 0) is 26.3 Å². The van der Waals surface area contributed by atoms with E-state index in [1.807, 2.05) is 18.2 Å². The van der Waals surface area contributed by atoms with E-state index in [2.05, 4.69) is 5.32 Å². The smallest absolute Gasteiger partial charge is 0.333 e. The lowest BCUT2D eigenvalue weighted by atomic mass is 10.1. The van der Waals surface area contributed by atoms with Crippen LogP contribution in [0.1, 0.15) is 32.4 Å². The van der Waals surface area contributed by atoms with E-state index in [1.54, 1.807) is 47.0 Å². The number of ether oxygens (including phenoxy) is 1. The maximum Gasteiger partial charge on any atom is 0.333 e. The first-order valence-electron chi connectivity index (χ1n) is 6.46. The number of carbonyl (C=O) groups excluding carboxylic acids is 2. The van der Waals surface area contributed by atoms with Crippen LogP contribution in [-0.4, -0.2) is 36.6 Å². The Kier molecular flexibility index (Phi) is 5.13. The van der Waals surface area contributed by atoms with Crippen LogP contribution in [0.3, 0.4) is 0 Å². The average molecular weight is 278 g/mol. The second kappa shape index (κ2) is 6.41. The molecule has 1 aromatic carbocycles. The Balaban J connectivity index is 2.96. The Labute approximate surface area is 119 Å². The predicted molar refractivity (Wildman–Crippen MR) is 77.2 cm³/mol. The lowest BCUT2D eigenvalue weighted by molar-refractivity contribution is -0.157. The normalized spacial score (nSPS) is 12.4. The van der Waals surface area contributed by atoms with E-state index >= 15 is 0 Å². The Morgan fingerprint density at radius 1 is 1.15 bits per heavy atom. The van der Waals surface area contributed by atoms with E-state index in [1.165, 1.54) is 4.90 Å². The largest absolute Gasteiger partial charge is 0.458 e. The lowest BCUT2D eigenvalue weighted by Gasteiger charge is -2.25. The van der Waals surface area contributed by atoms with Crippen LogP contribution in [0.4, 0.5) is 4.79 Å². The summed E-state index contributed by atoms with van der Waals surface area (Å²) in [5, 5.41) is 2.67. The summed E-state index contributed by atoms with van der Waals surface area (Å²) in [4.78, 5) is 25.4. The van der Waals surface area contributed by atoms with E-state index in [4.69, 9.17) is 4.74 Å². The fourth-order valence-electron chi connectivity index (χ4n) is 1.54. The number of rotatable bonds is 3. The number of hydrogen-bond acceptors (Lipinski definition) is 3. The van der Waals surface area contributed by atoms with Crippen LogP contribution in [0, 0.1) is 0 Å². The molecule has 2 amide bonds. The zero-order valence-corrected chi connectivity index (χ0v) is 12.6. The molecule has 0 aliphatic carbocycles. The molecular formula is C15H22N2O3. The lowest BCUT2D eigenvalue weighted by Crippen LogP contribution is -2.42. The second-order valence-corrected chi connectivity index (χ2v) is 5.72. The molecule has 1 unspecified atom stereocenters. The van der Waals surface area contributed by atoms with E-state index < -0.39 is 17.6 Å². The standard InChI is InChI=1S/C15H22N2O3/c1-15(2,3)20-13(18)12(16-14(19)17(4)5)11-9-7-6-8-10-11/h6-10,12H,1-5H3,(H,16,19). The zero-order valence-electron chi connectivity index (χ0n) is 12.6. The molecule has 1 atom stereocenters. The highest BCUT2D eigenvalue weighted by molar-refractivity contribution is 5.84. The Morgan fingerprint density at radius 2 is 1.70 bits per heavy atom. The van der Waals surface area contributed by atoms with Crippen molar-refractivity contribution in [2.45, 2.75) is 32.4 Å². The van der Waals surface area contributed by atoms with Crippen molar-refractivity contribution in [1.29, 1.82) is 0 Å². The van der Waals surface area contributed by atoms with Gasteiger partial charge in [0, 0.05) is 14.1 Å². The number of esters is 1. The first-order valence-corrected chi connectivity index (χ1v) is 6.46. The SMILES string of the molecule is CN(C)C(=O)NC(C(=O)OC(C)(C)C)c1ccccc1. The minimum Gasteiger partial charge on any atom is -0.458 e. The van der Waals surface area contributed by atoms with E-state index in [0.717, 1.165) is 0 Å². The van der Waals surface area contributed by atoms with Crippen LogP contribution >= 0.6 is 0 Å². The topological polar surface area (TPSA) is 58.6 Å². The van der Waals surface area contributed by atoms with Crippen molar-refractivity contribution in [2.75, 3.05) is 14.1 Å². The summed E-state index contributed by atoms with van der Waals surface area (Å²) in [6, 6.07) is 7.89. The van der Waals surface area contributed by atoms with Gasteiger partial charge in [-0.1, -0.05) is 30.3 Å². The molecule has 0 heterocycles. The summed E-state index contributed by atoms with van der Waals surface area (Å²) in [7, 11) is 3.24. The molecule has 0 spiro atoms. The maximum atomic E-state index is 12.3. The van der Waals surface area contributed by atoms with E-state index in [0.29, 0.717) is 5.56 Å². The third kappa shape index (κ3) is 4.91. The second-order valence-electron chi connectivity index (χ2n) is 5.72. The quantitative estimate of drug-likeness (QED) is 0.863. The van der Waals surface area contributed by atoms with Gasteiger partial charge in [0.25, 0.3) is 0 Å². The number of hydrogen-bond donors (Lipinski definition) is 1. The number of nitrogens with zero attached hydrogens (tertiary/aromatic N) is 1. The predicted octanol–water partition coefficient (Wildman–Crippen LogP) is 2.34. The molecule has 1 aromatic rings. The molecule has 0 aromatic heterocycles. The zero-order chi connectivity index (χ0) is 15.3. The summed E-state index contributed by atoms with van der Waals surface area (Å²) in [5.41, 5.74) is 0.0874. The Hall–Kier alpha value is -2.04. The first-order chi connectivity index (χ1) is 9.20. The van der Waals surface area contributed by atoms with Gasteiger partial charge in [0.15, 0.2) is 6.04 Å². The molecule has 20 heavy (non-hydrogen) atoms. The van der Waals surface area contributed by atoms with E-state index in [-0.39, 0.29) is 6.03 Å². The van der Waals surface area contributed by atoms with Gasteiger partial charge in [0.1, 0.15) is 5.60 Å². The van der Waals surface area contributed by atoms with Crippen molar-refractivity contribution < 1.29 is 14.3 Å². The third-order valence-electron chi connectivity index (χ3n) is 2.45. The molecule has 1 N–H and O–H groups in total. The van der Waals surface area contributed by atoms with Crippen LogP contribution in [0.15, 0.2) is 30.3 Å². The summed E-state index contributed by atoms with van der Waals surface area (Å²) in [6.07, 6.45) is 0. The first kappa shape index (κ1) is 16.0. The molecule has 0 fully saturated rings. The summed E-state index contributed by atoms with van der Waals surface area (Å²) < 4.78 is 5.36. The molecule has 1 rings (SSSR count). The van der Waals surface area contributed by atoms with E-state index in [9.17, 15) is 9.59 Å². The van der Waals surface area contributed by atoms with Gasteiger partial charge in [0.05, 0.1) is 0 Å². The monoisotopic (exact) mass is 278 g/mol. The Morgan fingerprint density at radius 3 is 2.15 bits per heavy atom. The molecule has 0 aliphatic rings. The highest BCUT2D eigenvalue weighted by atomic mass is 16.6. The van der Waals surface area contributed by atoms with Gasteiger partial charge in [-0.2, -0.15) is 0 Å². The molecule has 5 heteroatoms. The van der Waals surface area contributed by atoms with Crippen molar-refractivity contribution in [3.8, 4) is 0 Å². The molecule has 0 bridgehead atoms. The number of nitrogens with one attached hydrogen (secondary N) is 1. The third-order valence-corrected chi connectivity index (χ3v) is 2.45. The minimum atomic E-state index is -0.815. The molecule has 0 saturated carbocycles. The number of carbonyl (C=O) groups is 2. The summed E-state index contributed by atoms with van der Waals surface area (Å²) in [6.45, 7) is 5.38. The van der Waals surface area contributed by atoms with Crippen LogP contribution in [0.2, 0.25) is 0 Å². The van der Waals surface area contributed by atoms with Gasteiger partial charge in [-0.25, -0.2) is 9.59 Å². The van der Waals surface area contributed by atoms with Gasteiger partial charge >= 0.3 is 12.0 Å². The van der Waals surface area contributed by atoms with Crippen molar-refractivity contribution >= 4 is 12.0 Å². The molecule has 5 nitrogen and oxygen atoms in total. The number of urea groups is 1. The summed E-state index contributed by atoms with van der Waals surface area (Å²) >= 11 is 0. The molecule has 0 saturated heterocycles. The van der Waals surface area contributed by atoms with Gasteiger partial charge in [-0.15, -0.1) is 0 Å². The average Bonchev–Trinajstić information content (AvgIpc) is 2.34. The van der Waals surface area contributed by atoms with Crippen LogP contribution in [0.25, 0.3) is 0 Å². The van der Waals surface area contributed by atoms with Gasteiger partial charge in [0.2, 0.25) is 0 Å². The summed E-state index contributed by atoms with van der Waals surface area (Å²) in [5.74, 6) is -0.473. The molecule has 0 radical (unpaired) electrons. The van der Waals surface area contributed by atoms with Crippen molar-refractivity contribution in [2.24, 2.45) is 0 Å². The number of amides is 2. The number of benzene rings is 1. The molecule has 110 valence electrons. The van der Waals surface area contributed by atoms with Crippen molar-refractivity contribution in [3.05, 3.63) is 35.9 Å².